The number of hydrogen-bond donors (Lipinski definition) is 1. The lowest BCUT2D eigenvalue weighted by Crippen LogP contribution is -2.13. The minimum Gasteiger partial charge on any atom is -0.497 e. The van der Waals surface area contributed by atoms with Crippen molar-refractivity contribution in [3.05, 3.63) is 58.6 Å². The van der Waals surface area contributed by atoms with Crippen LogP contribution in [0.15, 0.2) is 48.0 Å². The zero-order valence-electron chi connectivity index (χ0n) is 19.7. The summed E-state index contributed by atoms with van der Waals surface area (Å²) in [5.74, 6) is 1.24. The molecule has 1 heterocycles. The maximum atomic E-state index is 12.7. The van der Waals surface area contributed by atoms with Crippen LogP contribution >= 0.6 is 11.3 Å². The van der Waals surface area contributed by atoms with Crippen LogP contribution in [0.2, 0.25) is 0 Å². The third-order valence-corrected chi connectivity index (χ3v) is 5.38. The first-order chi connectivity index (χ1) is 17.7. The molecule has 0 fully saturated rings. The van der Waals surface area contributed by atoms with Crippen LogP contribution < -0.4 is 24.3 Å². The van der Waals surface area contributed by atoms with Gasteiger partial charge in [0, 0.05) is 0 Å². The van der Waals surface area contributed by atoms with Crippen LogP contribution in [0, 0.1) is 11.3 Å². The summed E-state index contributed by atoms with van der Waals surface area (Å²) in [7, 11) is 1.58. The Morgan fingerprint density at radius 1 is 1.05 bits per heavy atom. The number of rotatable bonds is 11. The minimum atomic E-state index is -4.68. The first-order valence-electron chi connectivity index (χ1n) is 10.7. The van der Waals surface area contributed by atoms with Crippen molar-refractivity contribution in [2.75, 3.05) is 32.2 Å². The van der Waals surface area contributed by atoms with Crippen molar-refractivity contribution in [2.45, 2.75) is 13.1 Å². The smallest absolute Gasteiger partial charge is 0.445 e. The molecule has 1 N–H and O–H groups in total. The second-order valence-electron chi connectivity index (χ2n) is 7.05. The Labute approximate surface area is 214 Å². The van der Waals surface area contributed by atoms with E-state index in [0.29, 0.717) is 35.2 Å². The highest BCUT2D eigenvalue weighted by molar-refractivity contribution is 7.15. The van der Waals surface area contributed by atoms with E-state index < -0.39 is 17.1 Å². The van der Waals surface area contributed by atoms with Gasteiger partial charge in [-0.05, 0) is 55.0 Å². The third-order valence-electron chi connectivity index (χ3n) is 4.50. The molecule has 0 spiro atoms. The molecule has 0 bridgehead atoms. The molecule has 0 saturated heterocycles. The lowest BCUT2D eigenvalue weighted by atomic mass is 10.1. The molecule has 0 unspecified atom stereocenters. The number of carbonyl (C=O) groups is 1. The van der Waals surface area contributed by atoms with Gasteiger partial charge in [0.05, 0.1) is 13.7 Å². The average Bonchev–Trinajstić information content (AvgIpc) is 3.36. The molecule has 0 radical (unpaired) electrons. The number of halogens is 3. The number of hydrogen-bond acceptors (Lipinski definition) is 9. The molecule has 0 aliphatic rings. The summed E-state index contributed by atoms with van der Waals surface area (Å²) >= 11 is 0.155. The first kappa shape index (κ1) is 27.3. The van der Waals surface area contributed by atoms with Gasteiger partial charge in [0.25, 0.3) is 5.91 Å². The fourth-order valence-corrected chi connectivity index (χ4v) is 3.46. The molecular formula is C24H21F3N4O5S. The van der Waals surface area contributed by atoms with Crippen molar-refractivity contribution in [1.82, 2.24) is 10.2 Å². The number of anilines is 1. The van der Waals surface area contributed by atoms with Crippen molar-refractivity contribution < 1.29 is 36.9 Å². The molecule has 0 atom stereocenters. The standard InChI is InChI=1S/C24H21F3N4O5S/c1-3-34-20-13-15(4-9-19(20)36-11-10-35-18-7-5-17(33-2)6-8-18)12-16(14-28)21(32)29-23-31-30-22(37-23)24(25,26)27/h4-9,12-13H,3,10-11H2,1-2H3,(H,29,31,32)/b16-12-. The van der Waals surface area contributed by atoms with Crippen LogP contribution in [0.5, 0.6) is 23.0 Å². The first-order valence-corrected chi connectivity index (χ1v) is 11.6. The molecule has 13 heteroatoms. The van der Waals surface area contributed by atoms with E-state index >= 15 is 0 Å². The third kappa shape index (κ3) is 7.84. The van der Waals surface area contributed by atoms with Crippen LogP contribution in [0.4, 0.5) is 18.3 Å². The summed E-state index contributed by atoms with van der Waals surface area (Å²) in [6.45, 7) is 2.59. The molecule has 1 aromatic heterocycles. The molecule has 0 aliphatic heterocycles. The monoisotopic (exact) mass is 534 g/mol. The van der Waals surface area contributed by atoms with E-state index in [4.69, 9.17) is 18.9 Å². The molecule has 194 valence electrons. The minimum absolute atomic E-state index is 0.155. The summed E-state index contributed by atoms with van der Waals surface area (Å²) < 4.78 is 60.1. The number of nitrogens with one attached hydrogen (secondary N) is 1. The second kappa shape index (κ2) is 12.6. The molecule has 2 aromatic carbocycles. The van der Waals surface area contributed by atoms with E-state index in [0.717, 1.165) is 0 Å². The van der Waals surface area contributed by atoms with Crippen molar-refractivity contribution >= 4 is 28.5 Å². The molecule has 0 aliphatic carbocycles. The van der Waals surface area contributed by atoms with Gasteiger partial charge in [0.1, 0.15) is 36.4 Å². The number of benzene rings is 2. The summed E-state index contributed by atoms with van der Waals surface area (Å²) in [6.07, 6.45) is -3.42. The lowest BCUT2D eigenvalue weighted by molar-refractivity contribution is -0.138. The summed E-state index contributed by atoms with van der Waals surface area (Å²) in [6, 6.07) is 13.6. The summed E-state index contributed by atoms with van der Waals surface area (Å²) in [5, 5.41) is 16.2. The number of methoxy groups -OCH3 is 1. The average molecular weight is 535 g/mol. The fraction of sp³-hybridized carbons (Fsp3) is 0.250. The second-order valence-corrected chi connectivity index (χ2v) is 8.02. The van der Waals surface area contributed by atoms with Crippen LogP contribution in [0.1, 0.15) is 17.5 Å². The van der Waals surface area contributed by atoms with Gasteiger partial charge in [-0.25, -0.2) is 0 Å². The van der Waals surface area contributed by atoms with Gasteiger partial charge in [-0.2, -0.15) is 18.4 Å². The van der Waals surface area contributed by atoms with Crippen molar-refractivity contribution in [3.8, 4) is 29.1 Å². The van der Waals surface area contributed by atoms with Gasteiger partial charge < -0.3 is 18.9 Å². The van der Waals surface area contributed by atoms with Crippen LogP contribution in [0.25, 0.3) is 6.08 Å². The summed E-state index contributed by atoms with van der Waals surface area (Å²) in [5.41, 5.74) is 0.0815. The lowest BCUT2D eigenvalue weighted by Gasteiger charge is -2.13. The van der Waals surface area contributed by atoms with E-state index in [1.807, 2.05) is 0 Å². The van der Waals surface area contributed by atoms with Crippen LogP contribution in [0.3, 0.4) is 0 Å². The molecule has 9 nitrogen and oxygen atoms in total. The van der Waals surface area contributed by atoms with Gasteiger partial charge in [0.15, 0.2) is 11.5 Å². The highest BCUT2D eigenvalue weighted by Gasteiger charge is 2.35. The Hall–Kier alpha value is -4.31. The van der Waals surface area contributed by atoms with Gasteiger partial charge in [0.2, 0.25) is 10.1 Å². The number of nitrogens with zero attached hydrogens (tertiary/aromatic N) is 3. The van der Waals surface area contributed by atoms with Crippen LogP contribution in [-0.4, -0.2) is 43.0 Å². The van der Waals surface area contributed by atoms with E-state index in [-0.39, 0.29) is 35.3 Å². The van der Waals surface area contributed by atoms with E-state index in [2.05, 4.69) is 15.5 Å². The van der Waals surface area contributed by atoms with Crippen molar-refractivity contribution in [1.29, 1.82) is 5.26 Å². The predicted molar refractivity (Wildman–Crippen MR) is 129 cm³/mol. The topological polar surface area (TPSA) is 116 Å². The molecule has 1 amide bonds. The Kier molecular flexibility index (Phi) is 9.28. The zero-order chi connectivity index (χ0) is 26.8. The van der Waals surface area contributed by atoms with E-state index in [1.54, 1.807) is 62.6 Å². The van der Waals surface area contributed by atoms with Gasteiger partial charge in [-0.3, -0.25) is 10.1 Å². The highest BCUT2D eigenvalue weighted by atomic mass is 32.1. The number of alkyl halides is 3. The Morgan fingerprint density at radius 3 is 2.38 bits per heavy atom. The highest BCUT2D eigenvalue weighted by Crippen LogP contribution is 2.33. The van der Waals surface area contributed by atoms with Gasteiger partial charge in [-0.1, -0.05) is 17.4 Å². The fourth-order valence-electron chi connectivity index (χ4n) is 2.85. The maximum Gasteiger partial charge on any atom is 0.445 e. The number of carbonyl (C=O) groups excluding carboxylic acids is 1. The van der Waals surface area contributed by atoms with Gasteiger partial charge >= 0.3 is 6.18 Å². The molecule has 3 rings (SSSR count). The quantitative estimate of drug-likeness (QED) is 0.208. The Balaban J connectivity index is 1.64. The molecular weight excluding hydrogens is 513 g/mol. The summed E-state index contributed by atoms with van der Waals surface area (Å²) in [4.78, 5) is 12.4. The number of amides is 1. The maximum absolute atomic E-state index is 12.7. The Bertz CT molecular complexity index is 1290. The van der Waals surface area contributed by atoms with Crippen LogP contribution in [-0.2, 0) is 11.0 Å². The van der Waals surface area contributed by atoms with E-state index in [9.17, 15) is 23.2 Å². The zero-order valence-corrected chi connectivity index (χ0v) is 20.5. The Morgan fingerprint density at radius 2 is 1.76 bits per heavy atom. The van der Waals surface area contributed by atoms with Crippen molar-refractivity contribution in [2.24, 2.45) is 0 Å². The SMILES string of the molecule is CCOc1cc(/C=C(/C#N)C(=O)Nc2nnc(C(F)(F)F)s2)ccc1OCCOc1ccc(OC)cc1. The van der Waals surface area contributed by atoms with E-state index in [1.165, 1.54) is 6.08 Å². The normalized spacial score (nSPS) is 11.4. The largest absolute Gasteiger partial charge is 0.497 e. The predicted octanol–water partition coefficient (Wildman–Crippen LogP) is 4.97. The molecule has 3 aromatic rings. The number of nitriles is 1. The molecule has 37 heavy (non-hydrogen) atoms. The molecule has 0 saturated carbocycles. The number of aromatic nitrogens is 2. The number of ether oxygens (including phenoxy) is 4. The van der Waals surface area contributed by atoms with Gasteiger partial charge in [-0.15, -0.1) is 10.2 Å². The van der Waals surface area contributed by atoms with Crippen molar-refractivity contribution in [3.63, 3.8) is 0 Å².